The molecule has 0 saturated heterocycles. The Balaban J connectivity index is -0.000000767. The molecule has 0 heterocycles. The van der Waals surface area contributed by atoms with Gasteiger partial charge in [0.05, 0.1) is 0 Å². The van der Waals surface area contributed by atoms with E-state index in [9.17, 15) is 0 Å². The maximum Gasteiger partial charge on any atom is 2.00 e. The molecule has 0 aromatic rings. The Bertz CT molecular complexity index is 557. The van der Waals surface area contributed by atoms with E-state index in [2.05, 4.69) is 65.2 Å². The van der Waals surface area contributed by atoms with E-state index in [4.69, 9.17) is 49.7 Å². The molecule has 45 heavy (non-hydrogen) atoms. The van der Waals surface area contributed by atoms with Crippen molar-refractivity contribution in [2.24, 2.45) is 23.7 Å². The van der Waals surface area contributed by atoms with Gasteiger partial charge in [0.1, 0.15) is 0 Å². The van der Waals surface area contributed by atoms with E-state index < -0.39 is 0 Å². The zero-order valence-electron chi connectivity index (χ0n) is 31.5. The largest absolute Gasteiger partial charge is 2.00 e. The van der Waals surface area contributed by atoms with Crippen molar-refractivity contribution < 1.29 is 19.5 Å². The Morgan fingerprint density at radius 1 is 0.422 bits per heavy atom. The molecular formula is C38H76N2S4Zn. The van der Waals surface area contributed by atoms with Gasteiger partial charge in [0, 0.05) is 26.2 Å². The van der Waals surface area contributed by atoms with Crippen LogP contribution in [0.4, 0.5) is 0 Å². The van der Waals surface area contributed by atoms with Gasteiger partial charge < -0.3 is 59.5 Å². The van der Waals surface area contributed by atoms with Gasteiger partial charge >= 0.3 is 19.5 Å². The summed E-state index contributed by atoms with van der Waals surface area (Å²) in [7, 11) is 0. The molecule has 2 nitrogen and oxygen atoms in total. The van der Waals surface area contributed by atoms with Crippen LogP contribution < -0.4 is 0 Å². The van der Waals surface area contributed by atoms with Crippen LogP contribution in [0.1, 0.15) is 184 Å². The number of hydrogen-bond acceptors (Lipinski definition) is 4. The van der Waals surface area contributed by atoms with Crippen LogP contribution in [0.3, 0.4) is 0 Å². The van der Waals surface area contributed by atoms with Crippen LogP contribution in [0.25, 0.3) is 0 Å². The van der Waals surface area contributed by atoms with Crippen molar-refractivity contribution in [2.45, 2.75) is 184 Å². The standard InChI is InChI=1S/2C19H39NS2.Zn/c2*1-5-7-9-11-13-17(3)15-20(19(21)22)16-18(4)14-12-10-8-6-2;/h2*17-18H,5-16H2,1-4H3,(H,21,22);/q;;+2/p-2. The van der Waals surface area contributed by atoms with Crippen LogP contribution in [0, 0.1) is 23.7 Å². The van der Waals surface area contributed by atoms with Crippen LogP contribution in [0.15, 0.2) is 0 Å². The Kier molecular flexibility index (Phi) is 40.3. The van der Waals surface area contributed by atoms with Gasteiger partial charge in [-0.1, -0.05) is 167 Å². The summed E-state index contributed by atoms with van der Waals surface area (Å²) in [6, 6.07) is 0. The van der Waals surface area contributed by atoms with Crippen LogP contribution in [-0.2, 0) is 44.7 Å². The van der Waals surface area contributed by atoms with Gasteiger partial charge in [0.2, 0.25) is 0 Å². The molecule has 0 spiro atoms. The first-order valence-corrected chi connectivity index (χ1v) is 20.6. The fourth-order valence-corrected chi connectivity index (χ4v) is 6.59. The fourth-order valence-electron chi connectivity index (χ4n) is 6.00. The first kappa shape index (κ1) is 50.2. The maximum atomic E-state index is 5.30. The first-order valence-electron chi connectivity index (χ1n) is 18.9. The summed E-state index contributed by atoms with van der Waals surface area (Å²) in [6.07, 6.45) is 26.8. The normalized spacial score (nSPS) is 13.5. The number of nitrogens with zero attached hydrogens (tertiary/aromatic N) is 2. The van der Waals surface area contributed by atoms with Crippen molar-refractivity contribution in [1.29, 1.82) is 0 Å². The minimum Gasteiger partial charge on any atom is -0.411 e. The third-order valence-electron chi connectivity index (χ3n) is 8.85. The minimum atomic E-state index is 0. The van der Waals surface area contributed by atoms with Gasteiger partial charge in [0.25, 0.3) is 0 Å². The zero-order valence-corrected chi connectivity index (χ0v) is 37.7. The molecule has 0 aliphatic carbocycles. The fraction of sp³-hybridized carbons (Fsp3) is 0.947. The number of hydrogen-bond donors (Lipinski definition) is 0. The molecule has 0 aliphatic heterocycles. The molecule has 0 aliphatic rings. The van der Waals surface area contributed by atoms with Gasteiger partial charge in [-0.3, -0.25) is 0 Å². The van der Waals surface area contributed by atoms with Crippen LogP contribution in [0.2, 0.25) is 0 Å². The predicted octanol–water partition coefficient (Wildman–Crippen LogP) is 12.7. The Labute approximate surface area is 319 Å². The third-order valence-corrected chi connectivity index (χ3v) is 9.88. The van der Waals surface area contributed by atoms with Gasteiger partial charge in [-0.2, -0.15) is 0 Å². The van der Waals surface area contributed by atoms with E-state index >= 15 is 0 Å². The summed E-state index contributed by atoms with van der Waals surface area (Å²) in [5.41, 5.74) is 0. The topological polar surface area (TPSA) is 6.48 Å². The van der Waals surface area contributed by atoms with E-state index in [1.807, 2.05) is 0 Å². The molecule has 7 heteroatoms. The first-order chi connectivity index (χ1) is 21.0. The smallest absolute Gasteiger partial charge is 0.411 e. The molecule has 0 radical (unpaired) electrons. The summed E-state index contributed by atoms with van der Waals surface area (Å²) >= 11 is 21.2. The molecule has 0 saturated carbocycles. The quantitative estimate of drug-likeness (QED) is 0.0337. The summed E-state index contributed by atoms with van der Waals surface area (Å²) in [5.74, 6) is 2.80. The molecule has 264 valence electrons. The van der Waals surface area contributed by atoms with E-state index in [0.717, 1.165) is 26.2 Å². The number of thiocarbonyl (C=S) groups is 2. The van der Waals surface area contributed by atoms with Gasteiger partial charge in [-0.05, 0) is 49.4 Å². The van der Waals surface area contributed by atoms with Gasteiger partial charge in [-0.15, -0.1) is 0 Å². The molecule has 0 aromatic heterocycles. The molecular weight excluding hydrogens is 678 g/mol. The maximum absolute atomic E-state index is 5.30. The zero-order chi connectivity index (χ0) is 33.6. The summed E-state index contributed by atoms with van der Waals surface area (Å²) in [4.78, 5) is 4.55. The summed E-state index contributed by atoms with van der Waals surface area (Å²) in [6.45, 7) is 22.6. The molecule has 0 aromatic carbocycles. The number of rotatable bonds is 28. The minimum absolute atomic E-state index is 0. The van der Waals surface area contributed by atoms with E-state index in [1.54, 1.807) is 0 Å². The van der Waals surface area contributed by atoms with Crippen molar-refractivity contribution in [1.82, 2.24) is 9.80 Å². The van der Waals surface area contributed by atoms with Crippen LogP contribution >= 0.6 is 24.4 Å². The van der Waals surface area contributed by atoms with E-state index in [1.165, 1.54) is 128 Å². The second-order valence-electron chi connectivity index (χ2n) is 14.2. The molecule has 0 bridgehead atoms. The Morgan fingerprint density at radius 2 is 0.622 bits per heavy atom. The van der Waals surface area contributed by atoms with Crippen LogP contribution in [-0.4, -0.2) is 44.6 Å². The molecule has 4 atom stereocenters. The predicted molar refractivity (Wildman–Crippen MR) is 215 cm³/mol. The van der Waals surface area contributed by atoms with Crippen molar-refractivity contribution >= 4 is 58.3 Å². The molecule has 4 unspecified atom stereocenters. The van der Waals surface area contributed by atoms with E-state index in [-0.39, 0.29) is 19.5 Å². The van der Waals surface area contributed by atoms with E-state index in [0.29, 0.717) is 32.3 Å². The summed E-state index contributed by atoms with van der Waals surface area (Å²) in [5, 5.41) is 0. The second kappa shape index (κ2) is 36.1. The van der Waals surface area contributed by atoms with Crippen molar-refractivity contribution in [3.63, 3.8) is 0 Å². The average molecular weight is 755 g/mol. The van der Waals surface area contributed by atoms with Crippen molar-refractivity contribution in [3.8, 4) is 0 Å². The second-order valence-corrected chi connectivity index (χ2v) is 16.2. The van der Waals surface area contributed by atoms with Gasteiger partial charge in [-0.25, -0.2) is 0 Å². The summed E-state index contributed by atoms with van der Waals surface area (Å²) < 4.78 is 1.33. The van der Waals surface area contributed by atoms with Crippen LogP contribution in [0.5, 0.6) is 0 Å². The third kappa shape index (κ3) is 34.5. The van der Waals surface area contributed by atoms with Crippen molar-refractivity contribution in [3.05, 3.63) is 0 Å². The van der Waals surface area contributed by atoms with Gasteiger partial charge in [0.15, 0.2) is 0 Å². The molecule has 0 N–H and O–H groups in total. The molecule has 0 fully saturated rings. The monoisotopic (exact) mass is 752 g/mol. The Morgan fingerprint density at radius 3 is 0.778 bits per heavy atom. The molecule has 0 amide bonds. The number of unbranched alkanes of at least 4 members (excludes halogenated alkanes) is 12. The molecule has 0 rings (SSSR count). The SMILES string of the molecule is CCCCCCC(C)CN(CC(C)CCCCCC)C(=S)[S-].CCCCCCC(C)CN(CC(C)CCCCCC)C(=S)[S-].[Zn+2]. The van der Waals surface area contributed by atoms with Crippen molar-refractivity contribution in [2.75, 3.05) is 26.2 Å². The Hall–Kier alpha value is 0.843. The average Bonchev–Trinajstić information content (AvgIpc) is 2.97.